The maximum Gasteiger partial charge on any atom is 0.307 e. The maximum absolute atomic E-state index is 13.8. The van der Waals surface area contributed by atoms with E-state index in [0.717, 1.165) is 15.6 Å². The Hall–Kier alpha value is -1.68. The van der Waals surface area contributed by atoms with E-state index >= 15 is 0 Å². The number of carboxylic acid groups (broad SMARTS) is 1. The molecule has 0 amide bonds. The second kappa shape index (κ2) is 6.85. The van der Waals surface area contributed by atoms with Gasteiger partial charge in [-0.2, -0.15) is 0 Å². The summed E-state index contributed by atoms with van der Waals surface area (Å²) in [4.78, 5) is 11.5. The molecule has 1 atom stereocenters. The number of halogens is 2. The zero-order valence-corrected chi connectivity index (χ0v) is 13.2. The molecule has 0 aliphatic carbocycles. The zero-order chi connectivity index (χ0) is 15.4. The summed E-state index contributed by atoms with van der Waals surface area (Å²) in [6.45, 7) is 1.95. The minimum atomic E-state index is -0.905. The molecule has 0 fully saturated rings. The molecule has 2 nitrogen and oxygen atoms in total. The Bertz CT molecular complexity index is 655. The molecule has 0 saturated heterocycles. The van der Waals surface area contributed by atoms with Crippen molar-refractivity contribution in [2.75, 3.05) is 0 Å². The van der Waals surface area contributed by atoms with Gasteiger partial charge in [0.05, 0.1) is 5.92 Å². The Labute approximate surface area is 131 Å². The van der Waals surface area contributed by atoms with Crippen LogP contribution in [0.15, 0.2) is 46.9 Å². The fourth-order valence-corrected chi connectivity index (χ4v) is 2.73. The van der Waals surface area contributed by atoms with E-state index in [4.69, 9.17) is 0 Å². The largest absolute Gasteiger partial charge is 0.481 e. The summed E-state index contributed by atoms with van der Waals surface area (Å²) in [7, 11) is 0. The third-order valence-corrected chi connectivity index (χ3v) is 4.04. The number of carboxylic acids is 1. The van der Waals surface area contributed by atoms with E-state index in [2.05, 4.69) is 15.9 Å². The highest BCUT2D eigenvalue weighted by Gasteiger charge is 2.21. The molecule has 0 saturated carbocycles. The predicted octanol–water partition coefficient (Wildman–Crippen LogP) is 4.38. The van der Waals surface area contributed by atoms with Crippen molar-refractivity contribution in [3.05, 3.63) is 69.4 Å². The Morgan fingerprint density at radius 1 is 1.19 bits per heavy atom. The standard InChI is InChI=1S/C17H16BrFO2/c1-11-4-2-3-5-12(11)8-14(17(20)21)9-13-10-15(18)6-7-16(13)19/h2-7,10,14H,8-9H2,1H3,(H,20,21). The topological polar surface area (TPSA) is 37.3 Å². The van der Waals surface area contributed by atoms with E-state index in [1.807, 2.05) is 31.2 Å². The van der Waals surface area contributed by atoms with Gasteiger partial charge in [-0.1, -0.05) is 40.2 Å². The second-order valence-corrected chi connectivity index (χ2v) is 6.02. The molecule has 0 radical (unpaired) electrons. The van der Waals surface area contributed by atoms with Gasteiger partial charge in [0.2, 0.25) is 0 Å². The van der Waals surface area contributed by atoms with Crippen LogP contribution in [0.2, 0.25) is 0 Å². The lowest BCUT2D eigenvalue weighted by atomic mass is 9.91. The summed E-state index contributed by atoms with van der Waals surface area (Å²) in [5.74, 6) is -1.92. The molecule has 0 heterocycles. The molecule has 1 N–H and O–H groups in total. The van der Waals surface area contributed by atoms with Crippen molar-refractivity contribution in [3.63, 3.8) is 0 Å². The number of benzene rings is 2. The summed E-state index contributed by atoms with van der Waals surface area (Å²) in [5, 5.41) is 9.41. The Morgan fingerprint density at radius 2 is 1.86 bits per heavy atom. The van der Waals surface area contributed by atoms with Gasteiger partial charge in [-0.05, 0) is 54.7 Å². The van der Waals surface area contributed by atoms with Gasteiger partial charge in [0.1, 0.15) is 5.82 Å². The van der Waals surface area contributed by atoms with E-state index in [9.17, 15) is 14.3 Å². The van der Waals surface area contributed by atoms with Crippen molar-refractivity contribution in [3.8, 4) is 0 Å². The van der Waals surface area contributed by atoms with Crippen LogP contribution in [-0.2, 0) is 17.6 Å². The third kappa shape index (κ3) is 4.14. The Balaban J connectivity index is 2.22. The van der Waals surface area contributed by atoms with Gasteiger partial charge in [-0.15, -0.1) is 0 Å². The number of carbonyl (C=O) groups is 1. The number of hydrogen-bond donors (Lipinski definition) is 1. The fourth-order valence-electron chi connectivity index (χ4n) is 2.32. The van der Waals surface area contributed by atoms with Crippen molar-refractivity contribution in [1.29, 1.82) is 0 Å². The number of aryl methyl sites for hydroxylation is 1. The van der Waals surface area contributed by atoms with Crippen molar-refractivity contribution < 1.29 is 14.3 Å². The highest BCUT2D eigenvalue weighted by atomic mass is 79.9. The smallest absolute Gasteiger partial charge is 0.307 e. The molecule has 0 spiro atoms. The minimum absolute atomic E-state index is 0.176. The molecule has 1 unspecified atom stereocenters. The van der Waals surface area contributed by atoms with E-state index in [1.165, 1.54) is 6.07 Å². The second-order valence-electron chi connectivity index (χ2n) is 5.11. The molecular weight excluding hydrogens is 335 g/mol. The first-order valence-corrected chi connectivity index (χ1v) is 7.48. The van der Waals surface area contributed by atoms with Gasteiger partial charge >= 0.3 is 5.97 Å². The van der Waals surface area contributed by atoms with Crippen molar-refractivity contribution >= 4 is 21.9 Å². The van der Waals surface area contributed by atoms with Crippen LogP contribution >= 0.6 is 15.9 Å². The molecular formula is C17H16BrFO2. The van der Waals surface area contributed by atoms with Crippen LogP contribution in [0, 0.1) is 18.7 Å². The Morgan fingerprint density at radius 3 is 2.52 bits per heavy atom. The van der Waals surface area contributed by atoms with Crippen LogP contribution in [0.1, 0.15) is 16.7 Å². The normalized spacial score (nSPS) is 12.1. The quantitative estimate of drug-likeness (QED) is 0.868. The van der Waals surface area contributed by atoms with Crippen molar-refractivity contribution in [1.82, 2.24) is 0 Å². The van der Waals surface area contributed by atoms with Crippen molar-refractivity contribution in [2.24, 2.45) is 5.92 Å². The van der Waals surface area contributed by atoms with Gasteiger partial charge in [-0.25, -0.2) is 4.39 Å². The number of rotatable bonds is 5. The Kier molecular flexibility index (Phi) is 5.12. The summed E-state index contributed by atoms with van der Waals surface area (Å²) in [5.41, 5.74) is 2.46. The van der Waals surface area contributed by atoms with Crippen LogP contribution in [0.4, 0.5) is 4.39 Å². The van der Waals surface area contributed by atoms with Gasteiger partial charge in [0.15, 0.2) is 0 Å². The molecule has 2 rings (SSSR count). The molecule has 0 aliphatic rings. The van der Waals surface area contributed by atoms with E-state index in [0.29, 0.717) is 12.0 Å². The molecule has 110 valence electrons. The van der Waals surface area contributed by atoms with Gasteiger partial charge in [0, 0.05) is 4.47 Å². The molecule has 4 heteroatoms. The van der Waals surface area contributed by atoms with E-state index in [-0.39, 0.29) is 12.2 Å². The lowest BCUT2D eigenvalue weighted by Gasteiger charge is -2.15. The SMILES string of the molecule is Cc1ccccc1CC(Cc1cc(Br)ccc1F)C(=O)O. The summed E-state index contributed by atoms with van der Waals surface area (Å²) < 4.78 is 14.5. The summed E-state index contributed by atoms with van der Waals surface area (Å²) in [6.07, 6.45) is 0.572. The molecule has 0 aromatic heterocycles. The molecule has 21 heavy (non-hydrogen) atoms. The highest BCUT2D eigenvalue weighted by molar-refractivity contribution is 9.10. The third-order valence-electron chi connectivity index (χ3n) is 3.55. The zero-order valence-electron chi connectivity index (χ0n) is 11.6. The minimum Gasteiger partial charge on any atom is -0.481 e. The van der Waals surface area contributed by atoms with E-state index in [1.54, 1.807) is 12.1 Å². The van der Waals surface area contributed by atoms with Crippen LogP contribution in [0.5, 0.6) is 0 Å². The first kappa shape index (κ1) is 15.7. The molecule has 0 bridgehead atoms. The first-order chi connectivity index (χ1) is 9.97. The predicted molar refractivity (Wildman–Crippen MR) is 83.8 cm³/mol. The van der Waals surface area contributed by atoms with Gasteiger partial charge in [0.25, 0.3) is 0 Å². The fraction of sp³-hybridized carbons (Fsp3) is 0.235. The van der Waals surface area contributed by atoms with Crippen LogP contribution in [-0.4, -0.2) is 11.1 Å². The molecule has 2 aromatic carbocycles. The highest BCUT2D eigenvalue weighted by Crippen LogP contribution is 2.22. The molecule has 2 aromatic rings. The van der Waals surface area contributed by atoms with Crippen molar-refractivity contribution in [2.45, 2.75) is 19.8 Å². The van der Waals surface area contributed by atoms with Crippen LogP contribution < -0.4 is 0 Å². The summed E-state index contributed by atoms with van der Waals surface area (Å²) in [6, 6.07) is 12.3. The van der Waals surface area contributed by atoms with Gasteiger partial charge in [-0.3, -0.25) is 4.79 Å². The van der Waals surface area contributed by atoms with Crippen LogP contribution in [0.3, 0.4) is 0 Å². The lowest BCUT2D eigenvalue weighted by Crippen LogP contribution is -2.20. The van der Waals surface area contributed by atoms with Crippen LogP contribution in [0.25, 0.3) is 0 Å². The monoisotopic (exact) mass is 350 g/mol. The maximum atomic E-state index is 13.8. The average molecular weight is 351 g/mol. The first-order valence-electron chi connectivity index (χ1n) is 6.68. The molecule has 0 aliphatic heterocycles. The van der Waals surface area contributed by atoms with Gasteiger partial charge < -0.3 is 5.11 Å². The lowest BCUT2D eigenvalue weighted by molar-refractivity contribution is -0.141. The number of aliphatic carboxylic acids is 1. The van der Waals surface area contributed by atoms with E-state index < -0.39 is 11.9 Å². The average Bonchev–Trinajstić information content (AvgIpc) is 2.44. The number of hydrogen-bond acceptors (Lipinski definition) is 1. The summed E-state index contributed by atoms with van der Waals surface area (Å²) >= 11 is 3.29.